The average Bonchev–Trinajstić information content (AvgIpc) is 2.77. The van der Waals surface area contributed by atoms with E-state index < -0.39 is 17.9 Å². The molecule has 0 saturated heterocycles. The third kappa shape index (κ3) is 4.27. The van der Waals surface area contributed by atoms with Crippen LogP contribution in [-0.2, 0) is 14.3 Å². The number of esters is 1. The maximum absolute atomic E-state index is 13.8. The van der Waals surface area contributed by atoms with Gasteiger partial charge in [0.25, 0.3) is 0 Å². The fraction of sp³-hybridized carbons (Fsp3) is 0.500. The Hall–Kier alpha value is -2.76. The average molecular weight is 437 g/mol. The molecule has 4 aliphatic rings. The van der Waals surface area contributed by atoms with Crippen molar-refractivity contribution in [3.63, 3.8) is 0 Å². The summed E-state index contributed by atoms with van der Waals surface area (Å²) < 4.78 is 19.5. The summed E-state index contributed by atoms with van der Waals surface area (Å²) in [6, 6.07) is 11.3. The molecule has 1 amide bonds. The lowest BCUT2D eigenvalue weighted by Crippen LogP contribution is -2.53. The van der Waals surface area contributed by atoms with Gasteiger partial charge in [0.1, 0.15) is 5.82 Å². The predicted octanol–water partition coefficient (Wildman–Crippen LogP) is 4.58. The van der Waals surface area contributed by atoms with E-state index in [1.807, 2.05) is 0 Å². The summed E-state index contributed by atoms with van der Waals surface area (Å²) in [4.78, 5) is 30.0. The number of benzene rings is 1. The summed E-state index contributed by atoms with van der Waals surface area (Å²) in [6.45, 7) is 0.248. The Bertz CT molecular complexity index is 958. The van der Waals surface area contributed by atoms with Crippen LogP contribution in [0, 0.1) is 29.0 Å². The number of nitrogens with zero attached hydrogens (tertiary/aromatic N) is 1. The van der Waals surface area contributed by atoms with E-state index in [0.717, 1.165) is 19.3 Å². The zero-order valence-electron chi connectivity index (χ0n) is 18.1. The Morgan fingerprint density at radius 2 is 1.78 bits per heavy atom. The summed E-state index contributed by atoms with van der Waals surface area (Å²) in [5, 5.41) is 3.02. The largest absolute Gasteiger partial charge is 0.451 e. The zero-order valence-corrected chi connectivity index (χ0v) is 18.1. The second kappa shape index (κ2) is 8.64. The number of pyridine rings is 1. The van der Waals surface area contributed by atoms with Gasteiger partial charge in [-0.25, -0.2) is 4.39 Å². The first-order chi connectivity index (χ1) is 15.5. The molecular weight excluding hydrogens is 407 g/mol. The topological polar surface area (TPSA) is 68.3 Å². The van der Waals surface area contributed by atoms with Gasteiger partial charge < -0.3 is 10.1 Å². The highest BCUT2D eigenvalue weighted by Crippen LogP contribution is 2.60. The molecule has 0 aliphatic heterocycles. The molecule has 0 spiro atoms. The fourth-order valence-corrected chi connectivity index (χ4v) is 6.54. The molecule has 1 aromatic carbocycles. The van der Waals surface area contributed by atoms with E-state index >= 15 is 0 Å². The van der Waals surface area contributed by atoms with Gasteiger partial charge in [-0.2, -0.15) is 0 Å². The molecule has 1 aromatic heterocycles. The number of halogens is 1. The first-order valence-corrected chi connectivity index (χ1v) is 11.6. The summed E-state index contributed by atoms with van der Waals surface area (Å²) in [6.07, 6.45) is 7.73. The number of hydrogen-bond acceptors (Lipinski definition) is 4. The van der Waals surface area contributed by atoms with Crippen LogP contribution in [0.25, 0.3) is 0 Å². The molecule has 1 atom stereocenters. The van der Waals surface area contributed by atoms with Gasteiger partial charge in [0, 0.05) is 23.7 Å². The minimum atomic E-state index is -0.793. The molecular formula is C26H29FN2O3. The molecule has 4 bridgehead atoms. The number of rotatable bonds is 7. The standard InChI is InChI=1S/C26H29FN2O3/c27-21-5-3-4-20(13-21)24(22-6-1-2-8-28-22)32-23(30)7-9-29-25(31)26-14-17-10-18(15-26)12-19(11-17)16-26/h1-6,8,13,17-19,24H,7,9-12,14-16H2,(H,29,31)/t17?,18?,19?,24-,26?/m0/s1. The van der Waals surface area contributed by atoms with Crippen LogP contribution >= 0.6 is 0 Å². The SMILES string of the molecule is O=C(CCNC(=O)C12CC3CC(CC(C3)C1)C2)O[C@@H](c1cccc(F)c1)c1ccccn1. The summed E-state index contributed by atoms with van der Waals surface area (Å²) in [7, 11) is 0. The molecule has 1 N–H and O–H groups in total. The lowest BCUT2D eigenvalue weighted by atomic mass is 9.49. The van der Waals surface area contributed by atoms with E-state index in [2.05, 4.69) is 10.3 Å². The van der Waals surface area contributed by atoms with Crippen molar-refractivity contribution in [3.05, 3.63) is 65.7 Å². The van der Waals surface area contributed by atoms with E-state index in [-0.39, 0.29) is 24.3 Å². The van der Waals surface area contributed by atoms with E-state index in [9.17, 15) is 14.0 Å². The first-order valence-electron chi connectivity index (χ1n) is 11.6. The molecule has 32 heavy (non-hydrogen) atoms. The fourth-order valence-electron chi connectivity index (χ4n) is 6.54. The number of hydrogen-bond donors (Lipinski definition) is 1. The monoisotopic (exact) mass is 436 g/mol. The van der Waals surface area contributed by atoms with Gasteiger partial charge in [-0.05, 0) is 80.5 Å². The lowest BCUT2D eigenvalue weighted by molar-refractivity contribution is -0.149. The Labute approximate surface area is 187 Å². The van der Waals surface area contributed by atoms with Crippen LogP contribution in [0.2, 0.25) is 0 Å². The summed E-state index contributed by atoms with van der Waals surface area (Å²) >= 11 is 0. The van der Waals surface area contributed by atoms with E-state index in [4.69, 9.17) is 4.74 Å². The van der Waals surface area contributed by atoms with Crippen molar-refractivity contribution in [2.45, 2.75) is 51.0 Å². The minimum absolute atomic E-state index is 0.0662. The molecule has 5 nitrogen and oxygen atoms in total. The van der Waals surface area contributed by atoms with Gasteiger partial charge in [-0.15, -0.1) is 0 Å². The van der Waals surface area contributed by atoms with Crippen molar-refractivity contribution in [2.75, 3.05) is 6.54 Å². The van der Waals surface area contributed by atoms with Crippen molar-refractivity contribution in [2.24, 2.45) is 23.2 Å². The van der Waals surface area contributed by atoms with Crippen molar-refractivity contribution < 1.29 is 18.7 Å². The summed E-state index contributed by atoms with van der Waals surface area (Å²) in [5.74, 6) is 1.35. The van der Waals surface area contributed by atoms with E-state index in [0.29, 0.717) is 29.0 Å². The second-order valence-electron chi connectivity index (χ2n) is 9.88. The lowest BCUT2D eigenvalue weighted by Gasteiger charge is -2.55. The predicted molar refractivity (Wildman–Crippen MR) is 117 cm³/mol. The molecule has 0 unspecified atom stereocenters. The molecule has 4 saturated carbocycles. The van der Waals surface area contributed by atoms with Crippen LogP contribution in [0.1, 0.15) is 62.3 Å². The van der Waals surface area contributed by atoms with E-state index in [1.54, 1.807) is 36.5 Å². The zero-order chi connectivity index (χ0) is 22.1. The first kappa shape index (κ1) is 21.1. The van der Waals surface area contributed by atoms with Crippen LogP contribution < -0.4 is 5.32 Å². The van der Waals surface area contributed by atoms with Gasteiger partial charge in [-0.1, -0.05) is 18.2 Å². The highest BCUT2D eigenvalue weighted by molar-refractivity contribution is 5.83. The Morgan fingerprint density at radius 1 is 1.06 bits per heavy atom. The van der Waals surface area contributed by atoms with Gasteiger partial charge >= 0.3 is 5.97 Å². The smallest absolute Gasteiger partial charge is 0.308 e. The number of carbonyl (C=O) groups excluding carboxylic acids is 2. The Morgan fingerprint density at radius 3 is 2.41 bits per heavy atom. The summed E-state index contributed by atoms with van der Waals surface area (Å²) in [5.41, 5.74) is 0.829. The highest BCUT2D eigenvalue weighted by Gasteiger charge is 2.54. The maximum Gasteiger partial charge on any atom is 0.308 e. The van der Waals surface area contributed by atoms with Crippen LogP contribution in [0.3, 0.4) is 0 Å². The number of nitrogens with one attached hydrogen (secondary N) is 1. The van der Waals surface area contributed by atoms with Crippen molar-refractivity contribution in [1.29, 1.82) is 0 Å². The molecule has 6 heteroatoms. The molecule has 6 rings (SSSR count). The quantitative estimate of drug-likeness (QED) is 0.646. The maximum atomic E-state index is 13.8. The molecule has 0 radical (unpaired) electrons. The number of aromatic nitrogens is 1. The number of ether oxygens (including phenoxy) is 1. The van der Waals surface area contributed by atoms with Gasteiger partial charge in [0.2, 0.25) is 5.91 Å². The molecule has 168 valence electrons. The van der Waals surface area contributed by atoms with Crippen molar-refractivity contribution in [3.8, 4) is 0 Å². The van der Waals surface area contributed by atoms with Crippen molar-refractivity contribution in [1.82, 2.24) is 10.3 Å². The molecule has 2 aromatic rings. The molecule has 4 fully saturated rings. The van der Waals surface area contributed by atoms with Gasteiger partial charge in [-0.3, -0.25) is 14.6 Å². The second-order valence-corrected chi connectivity index (χ2v) is 9.88. The van der Waals surface area contributed by atoms with Crippen LogP contribution in [0.15, 0.2) is 48.7 Å². The molecule has 1 heterocycles. The van der Waals surface area contributed by atoms with Crippen molar-refractivity contribution >= 4 is 11.9 Å². The van der Waals surface area contributed by atoms with Gasteiger partial charge in [0.15, 0.2) is 6.10 Å². The Balaban J connectivity index is 1.19. The van der Waals surface area contributed by atoms with Crippen LogP contribution in [0.4, 0.5) is 4.39 Å². The third-order valence-electron chi connectivity index (χ3n) is 7.49. The number of amides is 1. The normalized spacial score (nSPS) is 28.8. The van der Waals surface area contributed by atoms with Crippen LogP contribution in [-0.4, -0.2) is 23.4 Å². The highest BCUT2D eigenvalue weighted by atomic mass is 19.1. The minimum Gasteiger partial charge on any atom is -0.451 e. The van der Waals surface area contributed by atoms with E-state index in [1.165, 1.54) is 31.4 Å². The van der Waals surface area contributed by atoms with Gasteiger partial charge in [0.05, 0.1) is 12.1 Å². The Kier molecular flexibility index (Phi) is 5.70. The molecule has 4 aliphatic carbocycles. The third-order valence-corrected chi connectivity index (χ3v) is 7.49. The number of carbonyl (C=O) groups is 2. The van der Waals surface area contributed by atoms with Crippen LogP contribution in [0.5, 0.6) is 0 Å².